The molecule has 1 aliphatic carbocycles. The molecule has 1 aromatic heterocycles. The first-order valence-corrected chi connectivity index (χ1v) is 8.55. The molecule has 1 aromatic carbocycles. The Hall–Kier alpha value is -3.15. The maximum atomic E-state index is 13.1. The number of rotatable bonds is 2. The van der Waals surface area contributed by atoms with Gasteiger partial charge in [-0.3, -0.25) is 0 Å². The highest BCUT2D eigenvalue weighted by Gasteiger charge is 2.12. The van der Waals surface area contributed by atoms with E-state index in [0.29, 0.717) is 5.69 Å². The van der Waals surface area contributed by atoms with Crippen molar-refractivity contribution in [1.29, 1.82) is 5.26 Å². The SMILES string of the molecule is CC1=CC=C(n2nc(C#N)cc2-c2ccc(F)cc2)C=CC1.CN.O=S=O. The van der Waals surface area contributed by atoms with Gasteiger partial charge in [-0.05, 0) is 56.8 Å². The monoisotopic (exact) mass is 386 g/mol. The number of nitrogens with two attached hydrogens (primary N) is 1. The number of hydrogen-bond acceptors (Lipinski definition) is 5. The van der Waals surface area contributed by atoms with Gasteiger partial charge in [0.25, 0.3) is 0 Å². The Morgan fingerprint density at radius 2 is 1.85 bits per heavy atom. The van der Waals surface area contributed by atoms with Crippen LogP contribution in [0, 0.1) is 17.1 Å². The van der Waals surface area contributed by atoms with Crippen LogP contribution in [0.2, 0.25) is 0 Å². The standard InChI is InChI=1S/C18H14FN3.CH5N.O2S/c1-13-3-2-4-17(10-5-13)22-18(11-16(12-20)21-22)14-6-8-15(19)9-7-14;1-2;1-3-2/h2,4-11H,3H2,1H3;2H2,1H3;. The van der Waals surface area contributed by atoms with E-state index in [1.54, 1.807) is 22.9 Å². The third-order valence-corrected chi connectivity index (χ3v) is 3.48. The van der Waals surface area contributed by atoms with Gasteiger partial charge in [0, 0.05) is 11.6 Å². The second-order valence-corrected chi connectivity index (χ2v) is 5.36. The molecular weight excluding hydrogens is 367 g/mol. The first kappa shape index (κ1) is 21.9. The topological polar surface area (TPSA) is 102 Å². The van der Waals surface area contributed by atoms with E-state index in [1.165, 1.54) is 24.8 Å². The fourth-order valence-corrected chi connectivity index (χ4v) is 2.32. The van der Waals surface area contributed by atoms with E-state index in [4.69, 9.17) is 13.7 Å². The van der Waals surface area contributed by atoms with Crippen LogP contribution in [0.1, 0.15) is 19.0 Å². The van der Waals surface area contributed by atoms with Crippen molar-refractivity contribution in [2.75, 3.05) is 7.05 Å². The van der Waals surface area contributed by atoms with Crippen molar-refractivity contribution in [3.05, 3.63) is 71.7 Å². The summed E-state index contributed by atoms with van der Waals surface area (Å²) in [7, 11) is 1.50. The molecule has 0 bridgehead atoms. The Morgan fingerprint density at radius 3 is 2.44 bits per heavy atom. The van der Waals surface area contributed by atoms with Gasteiger partial charge in [0.1, 0.15) is 11.9 Å². The lowest BCUT2D eigenvalue weighted by Crippen LogP contribution is -2.00. The van der Waals surface area contributed by atoms with E-state index in [9.17, 15) is 4.39 Å². The van der Waals surface area contributed by atoms with Crippen molar-refractivity contribution < 1.29 is 12.8 Å². The van der Waals surface area contributed by atoms with Gasteiger partial charge in [0.05, 0.1) is 11.4 Å². The number of nitriles is 1. The van der Waals surface area contributed by atoms with Gasteiger partial charge in [0.2, 0.25) is 0 Å². The quantitative estimate of drug-likeness (QED) is 0.854. The Balaban J connectivity index is 0.000000665. The van der Waals surface area contributed by atoms with Crippen LogP contribution in [0.4, 0.5) is 4.39 Å². The van der Waals surface area contributed by atoms with Crippen LogP contribution in [-0.4, -0.2) is 25.2 Å². The number of benzene rings is 1. The fourth-order valence-electron chi connectivity index (χ4n) is 2.32. The average molecular weight is 386 g/mol. The highest BCUT2D eigenvalue weighted by Crippen LogP contribution is 2.25. The van der Waals surface area contributed by atoms with Gasteiger partial charge >= 0.3 is 11.6 Å². The molecule has 0 saturated carbocycles. The summed E-state index contributed by atoms with van der Waals surface area (Å²) in [5.41, 5.74) is 8.54. The van der Waals surface area contributed by atoms with Gasteiger partial charge < -0.3 is 5.73 Å². The maximum Gasteiger partial charge on any atom is 0.335 e. The second kappa shape index (κ2) is 11.5. The Morgan fingerprint density at radius 1 is 1.22 bits per heavy atom. The second-order valence-electron chi connectivity index (χ2n) is 5.22. The van der Waals surface area contributed by atoms with Gasteiger partial charge in [0.15, 0.2) is 5.69 Å². The minimum Gasteiger partial charge on any atom is -0.333 e. The highest BCUT2D eigenvalue weighted by molar-refractivity contribution is 7.51. The summed E-state index contributed by atoms with van der Waals surface area (Å²) in [5.74, 6) is -0.289. The van der Waals surface area contributed by atoms with Crippen LogP contribution >= 0.6 is 0 Å². The molecule has 2 N–H and O–H groups in total. The third kappa shape index (κ3) is 6.26. The molecule has 140 valence electrons. The van der Waals surface area contributed by atoms with Crippen molar-refractivity contribution in [2.45, 2.75) is 13.3 Å². The smallest absolute Gasteiger partial charge is 0.333 e. The van der Waals surface area contributed by atoms with Crippen molar-refractivity contribution in [3.63, 3.8) is 0 Å². The molecule has 2 aromatic rings. The van der Waals surface area contributed by atoms with Crippen LogP contribution in [0.15, 0.2) is 60.2 Å². The van der Waals surface area contributed by atoms with E-state index < -0.39 is 11.6 Å². The molecule has 0 atom stereocenters. The lowest BCUT2D eigenvalue weighted by atomic mass is 10.1. The molecule has 0 aliphatic heterocycles. The highest BCUT2D eigenvalue weighted by atomic mass is 32.1. The molecule has 3 rings (SSSR count). The van der Waals surface area contributed by atoms with E-state index in [1.807, 2.05) is 18.2 Å². The molecule has 0 saturated heterocycles. The summed E-state index contributed by atoms with van der Waals surface area (Å²) in [6.07, 6.45) is 8.94. The van der Waals surface area contributed by atoms with Crippen molar-refractivity contribution in [3.8, 4) is 17.3 Å². The summed E-state index contributed by atoms with van der Waals surface area (Å²) in [6, 6.07) is 9.95. The molecule has 0 amide bonds. The van der Waals surface area contributed by atoms with Crippen molar-refractivity contribution in [2.24, 2.45) is 5.73 Å². The summed E-state index contributed by atoms with van der Waals surface area (Å²) in [6.45, 7) is 2.06. The number of nitrogens with zero attached hydrogens (tertiary/aromatic N) is 3. The summed E-state index contributed by atoms with van der Waals surface area (Å²) in [4.78, 5) is 0. The minimum absolute atomic E-state index is 0.289. The lowest BCUT2D eigenvalue weighted by Gasteiger charge is -2.07. The fraction of sp³-hybridized carbons (Fsp3) is 0.158. The summed E-state index contributed by atoms with van der Waals surface area (Å²) >= 11 is -0.750. The zero-order chi connectivity index (χ0) is 20.2. The first-order chi connectivity index (χ1) is 13.1. The van der Waals surface area contributed by atoms with E-state index in [-0.39, 0.29) is 5.82 Å². The maximum absolute atomic E-state index is 13.1. The van der Waals surface area contributed by atoms with Crippen molar-refractivity contribution >= 4 is 17.3 Å². The number of allylic oxidation sites excluding steroid dienone is 6. The first-order valence-electron chi connectivity index (χ1n) is 7.89. The number of aromatic nitrogens is 2. The molecule has 0 radical (unpaired) electrons. The molecule has 6 nitrogen and oxygen atoms in total. The molecule has 8 heteroatoms. The van der Waals surface area contributed by atoms with Gasteiger partial charge in [-0.15, -0.1) is 0 Å². The lowest BCUT2D eigenvalue weighted by molar-refractivity contribution is 0.627. The largest absolute Gasteiger partial charge is 0.335 e. The normalized spacial score (nSPS) is 12.1. The number of halogens is 1. The zero-order valence-corrected chi connectivity index (χ0v) is 15.7. The molecular formula is C19H19FN4O2S. The predicted octanol–water partition coefficient (Wildman–Crippen LogP) is 3.21. The van der Waals surface area contributed by atoms with Crippen LogP contribution < -0.4 is 5.73 Å². The molecule has 27 heavy (non-hydrogen) atoms. The van der Waals surface area contributed by atoms with Crippen LogP contribution in [-0.2, 0) is 11.6 Å². The molecule has 0 spiro atoms. The molecule has 0 unspecified atom stereocenters. The van der Waals surface area contributed by atoms with Gasteiger partial charge in [-0.1, -0.05) is 17.7 Å². The zero-order valence-electron chi connectivity index (χ0n) is 14.9. The van der Waals surface area contributed by atoms with E-state index in [2.05, 4.69) is 29.9 Å². The Labute approximate surface area is 160 Å². The third-order valence-electron chi connectivity index (χ3n) is 3.48. The van der Waals surface area contributed by atoms with E-state index in [0.717, 1.165) is 23.4 Å². The molecule has 0 fully saturated rings. The van der Waals surface area contributed by atoms with Crippen LogP contribution in [0.5, 0.6) is 0 Å². The van der Waals surface area contributed by atoms with Crippen molar-refractivity contribution in [1.82, 2.24) is 9.78 Å². The van der Waals surface area contributed by atoms with Crippen LogP contribution in [0.3, 0.4) is 0 Å². The summed E-state index contributed by atoms with van der Waals surface area (Å²) in [5, 5.41) is 13.5. The number of hydrogen-bond donors (Lipinski definition) is 1. The molecule has 1 heterocycles. The Bertz CT molecular complexity index is 932. The van der Waals surface area contributed by atoms with Gasteiger partial charge in [-0.25, -0.2) is 9.07 Å². The van der Waals surface area contributed by atoms with Gasteiger partial charge in [-0.2, -0.15) is 18.8 Å². The summed E-state index contributed by atoms with van der Waals surface area (Å²) < 4.78 is 31.4. The minimum atomic E-state index is -0.750. The Kier molecular flexibility index (Phi) is 9.29. The predicted molar refractivity (Wildman–Crippen MR) is 103 cm³/mol. The average Bonchev–Trinajstić information content (AvgIpc) is 3.00. The van der Waals surface area contributed by atoms with E-state index >= 15 is 0 Å². The van der Waals surface area contributed by atoms with Crippen LogP contribution in [0.25, 0.3) is 17.0 Å². The molecule has 1 aliphatic rings.